The first-order chi connectivity index (χ1) is 12.3. The Morgan fingerprint density at radius 3 is 2.37 bits per heavy atom. The van der Waals surface area contributed by atoms with Crippen molar-refractivity contribution in [2.75, 3.05) is 27.7 Å². The number of nitrogens with zero attached hydrogens (tertiary/aromatic N) is 1. The minimum Gasteiger partial charge on any atom is -0.495 e. The molecule has 2 rings (SSSR count). The third-order valence-electron chi connectivity index (χ3n) is 3.89. The molecule has 2 aromatic rings. The van der Waals surface area contributed by atoms with Crippen LogP contribution in [0.3, 0.4) is 0 Å². The van der Waals surface area contributed by atoms with Gasteiger partial charge in [0.15, 0.2) is 0 Å². The molecule has 148 valence electrons. The number of halogens is 1. The maximum atomic E-state index is 12.4. The topological polar surface area (TPSA) is 102 Å². The molecule has 0 heterocycles. The van der Waals surface area contributed by atoms with Crippen LogP contribution in [0.15, 0.2) is 53.4 Å². The number of sulfonamides is 1. The van der Waals surface area contributed by atoms with Gasteiger partial charge in [0.25, 0.3) is 5.91 Å². The molecule has 0 aliphatic rings. The summed E-state index contributed by atoms with van der Waals surface area (Å²) < 4.78 is 31.0. The van der Waals surface area contributed by atoms with Crippen LogP contribution in [0, 0.1) is 0 Å². The van der Waals surface area contributed by atoms with E-state index in [-0.39, 0.29) is 41.2 Å². The van der Waals surface area contributed by atoms with Crippen LogP contribution in [-0.4, -0.2) is 46.4 Å². The Bertz CT molecular complexity index is 873. The molecule has 1 amide bonds. The number of nitrogens with two attached hydrogens (primary N) is 1. The van der Waals surface area contributed by atoms with Gasteiger partial charge in [-0.25, -0.2) is 12.7 Å². The van der Waals surface area contributed by atoms with E-state index in [1.165, 1.54) is 39.4 Å². The highest BCUT2D eigenvalue weighted by Gasteiger charge is 2.24. The monoisotopic (exact) mass is 413 g/mol. The molecule has 7 nitrogen and oxygen atoms in total. The summed E-state index contributed by atoms with van der Waals surface area (Å²) in [7, 11) is 0.465. The first-order valence-electron chi connectivity index (χ1n) is 7.96. The van der Waals surface area contributed by atoms with Gasteiger partial charge >= 0.3 is 0 Å². The molecule has 0 spiro atoms. The van der Waals surface area contributed by atoms with Gasteiger partial charge in [-0.2, -0.15) is 0 Å². The van der Waals surface area contributed by atoms with E-state index in [1.807, 2.05) is 30.3 Å². The maximum absolute atomic E-state index is 12.4. The van der Waals surface area contributed by atoms with E-state index in [2.05, 4.69) is 5.32 Å². The summed E-state index contributed by atoms with van der Waals surface area (Å²) in [6, 6.07) is 13.3. The van der Waals surface area contributed by atoms with Crippen LogP contribution in [0.1, 0.15) is 22.0 Å². The Hall–Kier alpha value is -2.13. The molecule has 2 aromatic carbocycles. The van der Waals surface area contributed by atoms with Crippen LogP contribution in [0.25, 0.3) is 0 Å². The lowest BCUT2D eigenvalue weighted by Gasteiger charge is -2.16. The molecular weight excluding hydrogens is 390 g/mol. The Morgan fingerprint density at radius 2 is 1.81 bits per heavy atom. The van der Waals surface area contributed by atoms with Crippen molar-refractivity contribution in [3.63, 3.8) is 0 Å². The number of carbonyl (C=O) groups excluding carboxylic acids is 1. The number of amides is 1. The molecule has 0 saturated heterocycles. The minimum absolute atomic E-state index is 0. The molecule has 0 saturated carbocycles. The van der Waals surface area contributed by atoms with E-state index in [0.717, 1.165) is 9.87 Å². The molecule has 1 atom stereocenters. The van der Waals surface area contributed by atoms with Crippen LogP contribution in [-0.2, 0) is 10.0 Å². The van der Waals surface area contributed by atoms with Crippen LogP contribution < -0.4 is 15.8 Å². The number of hydrogen-bond acceptors (Lipinski definition) is 5. The second-order valence-corrected chi connectivity index (χ2v) is 8.00. The van der Waals surface area contributed by atoms with Gasteiger partial charge in [-0.15, -0.1) is 12.4 Å². The van der Waals surface area contributed by atoms with Gasteiger partial charge in [0.2, 0.25) is 10.0 Å². The van der Waals surface area contributed by atoms with E-state index < -0.39 is 15.9 Å². The largest absolute Gasteiger partial charge is 0.495 e. The van der Waals surface area contributed by atoms with Crippen molar-refractivity contribution in [3.8, 4) is 5.75 Å². The van der Waals surface area contributed by atoms with Gasteiger partial charge < -0.3 is 15.8 Å². The number of carbonyl (C=O) groups is 1. The van der Waals surface area contributed by atoms with Gasteiger partial charge in [0.1, 0.15) is 10.6 Å². The first kappa shape index (κ1) is 22.9. The molecule has 0 aliphatic carbocycles. The van der Waals surface area contributed by atoms with Crippen molar-refractivity contribution in [2.24, 2.45) is 5.73 Å². The molecule has 1 unspecified atom stereocenters. The second kappa shape index (κ2) is 9.70. The molecule has 0 radical (unpaired) electrons. The molecule has 0 aromatic heterocycles. The quantitative estimate of drug-likeness (QED) is 0.720. The zero-order valence-corrected chi connectivity index (χ0v) is 17.0. The summed E-state index contributed by atoms with van der Waals surface area (Å²) in [5.41, 5.74) is 7.18. The molecule has 3 N–H and O–H groups in total. The molecular formula is C18H24ClN3O4S. The van der Waals surface area contributed by atoms with Gasteiger partial charge in [0, 0.05) is 32.2 Å². The van der Waals surface area contributed by atoms with E-state index in [9.17, 15) is 13.2 Å². The van der Waals surface area contributed by atoms with Gasteiger partial charge in [-0.3, -0.25) is 4.79 Å². The van der Waals surface area contributed by atoms with Crippen molar-refractivity contribution in [1.82, 2.24) is 9.62 Å². The highest BCUT2D eigenvalue weighted by molar-refractivity contribution is 7.89. The fraction of sp³-hybridized carbons (Fsp3) is 0.278. The van der Waals surface area contributed by atoms with Gasteiger partial charge in [-0.05, 0) is 23.8 Å². The van der Waals surface area contributed by atoms with E-state index in [0.29, 0.717) is 0 Å². The lowest BCUT2D eigenvalue weighted by Crippen LogP contribution is -2.32. The number of rotatable bonds is 7. The molecule has 0 aliphatic heterocycles. The SMILES string of the molecule is COc1ccc(C(=O)NCC(N)c2ccccc2)cc1S(=O)(=O)N(C)C.Cl. The standard InChI is InChI=1S/C18H23N3O4S.ClH/c1-21(2)26(23,24)17-11-14(9-10-16(17)25-3)18(22)20-12-15(19)13-7-5-4-6-8-13;/h4-11,15H,12,19H2,1-3H3,(H,20,22);1H. The van der Waals surface area contributed by atoms with E-state index in [4.69, 9.17) is 10.5 Å². The summed E-state index contributed by atoms with van der Waals surface area (Å²) in [5.74, 6) is -0.231. The van der Waals surface area contributed by atoms with E-state index >= 15 is 0 Å². The van der Waals surface area contributed by atoms with E-state index in [1.54, 1.807) is 0 Å². The van der Waals surface area contributed by atoms with Crippen molar-refractivity contribution in [3.05, 3.63) is 59.7 Å². The molecule has 9 heteroatoms. The Balaban J connectivity index is 0.00000364. The average molecular weight is 414 g/mol. The zero-order valence-electron chi connectivity index (χ0n) is 15.4. The summed E-state index contributed by atoms with van der Waals surface area (Å²) in [6.45, 7) is 0.227. The van der Waals surface area contributed by atoms with Crippen molar-refractivity contribution >= 4 is 28.3 Å². The number of ether oxygens (including phenoxy) is 1. The fourth-order valence-electron chi connectivity index (χ4n) is 2.34. The number of hydrogen-bond donors (Lipinski definition) is 2. The second-order valence-electron chi connectivity index (χ2n) is 5.88. The van der Waals surface area contributed by atoms with Crippen molar-refractivity contribution in [2.45, 2.75) is 10.9 Å². The predicted molar refractivity (Wildman–Crippen MR) is 107 cm³/mol. The summed E-state index contributed by atoms with van der Waals surface area (Å²) in [4.78, 5) is 12.3. The normalized spacial score (nSPS) is 12.2. The number of methoxy groups -OCH3 is 1. The Labute approximate surface area is 166 Å². The summed E-state index contributed by atoms with van der Waals surface area (Å²) in [6.07, 6.45) is 0. The lowest BCUT2D eigenvalue weighted by molar-refractivity contribution is 0.0951. The predicted octanol–water partition coefficient (Wildman–Crippen LogP) is 1.80. The molecule has 0 fully saturated rings. The van der Waals surface area contributed by atoms with Crippen LogP contribution in [0.5, 0.6) is 5.75 Å². The van der Waals surface area contributed by atoms with Crippen LogP contribution in [0.2, 0.25) is 0 Å². The average Bonchev–Trinajstić information content (AvgIpc) is 2.65. The minimum atomic E-state index is -3.75. The van der Waals surface area contributed by atoms with Crippen molar-refractivity contribution in [1.29, 1.82) is 0 Å². The lowest BCUT2D eigenvalue weighted by atomic mass is 10.1. The fourth-order valence-corrected chi connectivity index (χ4v) is 3.41. The van der Waals surface area contributed by atoms with Crippen molar-refractivity contribution < 1.29 is 17.9 Å². The summed E-state index contributed by atoms with van der Waals surface area (Å²) in [5, 5.41) is 2.73. The molecule has 0 bridgehead atoms. The highest BCUT2D eigenvalue weighted by Crippen LogP contribution is 2.26. The van der Waals surface area contributed by atoms with Gasteiger partial charge in [-0.1, -0.05) is 30.3 Å². The third kappa shape index (κ3) is 5.43. The summed E-state index contributed by atoms with van der Waals surface area (Å²) >= 11 is 0. The maximum Gasteiger partial charge on any atom is 0.251 e. The third-order valence-corrected chi connectivity index (χ3v) is 5.73. The van der Waals surface area contributed by atoms with Crippen LogP contribution in [0.4, 0.5) is 0 Å². The van der Waals surface area contributed by atoms with Gasteiger partial charge in [0.05, 0.1) is 7.11 Å². The zero-order chi connectivity index (χ0) is 19.3. The Morgan fingerprint density at radius 1 is 1.19 bits per heavy atom. The molecule has 27 heavy (non-hydrogen) atoms. The first-order valence-corrected chi connectivity index (χ1v) is 9.40. The number of nitrogens with one attached hydrogen (secondary N) is 1. The smallest absolute Gasteiger partial charge is 0.251 e. The van der Waals surface area contributed by atoms with Crippen LogP contribution >= 0.6 is 12.4 Å². The highest BCUT2D eigenvalue weighted by atomic mass is 35.5. The number of benzene rings is 2. The Kier molecular flexibility index (Phi) is 8.23.